The Morgan fingerprint density at radius 3 is 2.41 bits per heavy atom. The average Bonchev–Trinajstić information content (AvgIpc) is 3.21. The van der Waals surface area contributed by atoms with Crippen LogP contribution in [0.3, 0.4) is 0 Å². The van der Waals surface area contributed by atoms with Gasteiger partial charge in [-0.25, -0.2) is 9.97 Å². The molecule has 3 aromatic carbocycles. The van der Waals surface area contributed by atoms with E-state index in [-0.39, 0.29) is 5.41 Å². The van der Waals surface area contributed by atoms with Gasteiger partial charge >= 0.3 is 0 Å². The van der Waals surface area contributed by atoms with E-state index in [1.165, 1.54) is 5.56 Å². The molecule has 2 heterocycles. The van der Waals surface area contributed by atoms with Crippen molar-refractivity contribution < 1.29 is 4.42 Å². The summed E-state index contributed by atoms with van der Waals surface area (Å²) in [5.41, 5.74) is 6.66. The third-order valence-corrected chi connectivity index (χ3v) is 6.26. The number of hydrogen-bond donors (Lipinski definition) is 0. The molecule has 140 valence electrons. The Morgan fingerprint density at radius 1 is 0.793 bits per heavy atom. The largest absolute Gasteiger partial charge is 0.456 e. The lowest BCUT2D eigenvalue weighted by Crippen LogP contribution is -2.16. The first-order chi connectivity index (χ1) is 14.1. The molecule has 0 fully saturated rings. The molecule has 29 heavy (non-hydrogen) atoms. The lowest BCUT2D eigenvalue weighted by Gasteiger charge is -2.21. The van der Waals surface area contributed by atoms with Gasteiger partial charge in [0, 0.05) is 32.9 Å². The molecule has 0 radical (unpaired) electrons. The van der Waals surface area contributed by atoms with Crippen LogP contribution in [0.25, 0.3) is 44.6 Å². The van der Waals surface area contributed by atoms with Crippen LogP contribution in [-0.2, 0) is 5.41 Å². The molecule has 0 N–H and O–H groups in total. The quantitative estimate of drug-likeness (QED) is 0.286. The minimum Gasteiger partial charge on any atom is -0.456 e. The number of halogens is 1. The summed E-state index contributed by atoms with van der Waals surface area (Å²) in [6, 6.07) is 22.4. The van der Waals surface area contributed by atoms with Gasteiger partial charge in [0.05, 0.1) is 5.69 Å². The number of benzene rings is 3. The second-order valence-corrected chi connectivity index (χ2v) is 8.37. The van der Waals surface area contributed by atoms with E-state index in [4.69, 9.17) is 26.0 Å². The first-order valence-electron chi connectivity index (χ1n) is 9.64. The van der Waals surface area contributed by atoms with Gasteiger partial charge in [-0.1, -0.05) is 80.0 Å². The maximum atomic E-state index is 6.77. The van der Waals surface area contributed by atoms with Crippen molar-refractivity contribution in [2.75, 3.05) is 0 Å². The fourth-order valence-electron chi connectivity index (χ4n) is 4.63. The summed E-state index contributed by atoms with van der Waals surface area (Å²) in [6.45, 7) is 4.35. The monoisotopic (exact) mass is 396 g/mol. The third kappa shape index (κ3) is 2.19. The van der Waals surface area contributed by atoms with Crippen molar-refractivity contribution >= 4 is 33.5 Å². The van der Waals surface area contributed by atoms with E-state index in [0.29, 0.717) is 11.0 Å². The summed E-state index contributed by atoms with van der Waals surface area (Å²) in [5, 5.41) is 2.58. The molecule has 1 aliphatic rings. The van der Waals surface area contributed by atoms with E-state index >= 15 is 0 Å². The summed E-state index contributed by atoms with van der Waals surface area (Å²) >= 11 is 6.77. The van der Waals surface area contributed by atoms with Crippen LogP contribution < -0.4 is 0 Å². The van der Waals surface area contributed by atoms with Crippen LogP contribution in [0.1, 0.15) is 25.0 Å². The fourth-order valence-corrected chi connectivity index (χ4v) is 5.04. The zero-order valence-electron chi connectivity index (χ0n) is 16.0. The van der Waals surface area contributed by atoms with Crippen molar-refractivity contribution in [1.29, 1.82) is 0 Å². The van der Waals surface area contributed by atoms with E-state index in [0.717, 1.165) is 44.3 Å². The average molecular weight is 397 g/mol. The van der Waals surface area contributed by atoms with Gasteiger partial charge < -0.3 is 4.42 Å². The van der Waals surface area contributed by atoms with Gasteiger partial charge in [0.2, 0.25) is 0 Å². The van der Waals surface area contributed by atoms with Crippen molar-refractivity contribution in [3.63, 3.8) is 0 Å². The molecule has 0 atom stereocenters. The lowest BCUT2D eigenvalue weighted by molar-refractivity contribution is 0.656. The van der Waals surface area contributed by atoms with Crippen molar-refractivity contribution in [1.82, 2.24) is 9.97 Å². The Labute approximate surface area is 173 Å². The Hall–Kier alpha value is -3.17. The van der Waals surface area contributed by atoms with Gasteiger partial charge in [-0.15, -0.1) is 0 Å². The van der Waals surface area contributed by atoms with Gasteiger partial charge in [0.1, 0.15) is 16.3 Å². The Kier molecular flexibility index (Phi) is 3.28. The molecule has 0 saturated heterocycles. The van der Waals surface area contributed by atoms with E-state index in [1.807, 2.05) is 42.5 Å². The second-order valence-electron chi connectivity index (χ2n) is 8.01. The van der Waals surface area contributed by atoms with Gasteiger partial charge in [-0.2, -0.15) is 0 Å². The van der Waals surface area contributed by atoms with Crippen LogP contribution in [0.5, 0.6) is 0 Å². The maximum absolute atomic E-state index is 6.77. The standard InChI is InChI=1S/C25H17ClN2O/c1-25(2)17-11-5-3-8-14(17)22-21(25)23(26)28-24(27-22)16-10-7-13-19-20(16)15-9-4-6-12-18(15)29-19/h3-13H,1-2H3. The Bertz CT molecular complexity index is 1450. The fraction of sp³-hybridized carbons (Fsp3) is 0.120. The van der Waals surface area contributed by atoms with Crippen molar-refractivity contribution in [2.24, 2.45) is 0 Å². The highest BCUT2D eigenvalue weighted by Gasteiger charge is 2.39. The summed E-state index contributed by atoms with van der Waals surface area (Å²) in [4.78, 5) is 9.76. The van der Waals surface area contributed by atoms with Gasteiger partial charge in [-0.3, -0.25) is 0 Å². The highest BCUT2D eigenvalue weighted by Crippen LogP contribution is 2.50. The van der Waals surface area contributed by atoms with Crippen molar-refractivity contribution in [3.05, 3.63) is 83.0 Å². The predicted molar refractivity (Wildman–Crippen MR) is 117 cm³/mol. The van der Waals surface area contributed by atoms with E-state index in [2.05, 4.69) is 38.1 Å². The first kappa shape index (κ1) is 16.8. The molecule has 0 saturated carbocycles. The molecule has 0 bridgehead atoms. The smallest absolute Gasteiger partial charge is 0.162 e. The van der Waals surface area contributed by atoms with E-state index in [1.54, 1.807) is 0 Å². The summed E-state index contributed by atoms with van der Waals surface area (Å²) in [7, 11) is 0. The minimum absolute atomic E-state index is 0.226. The summed E-state index contributed by atoms with van der Waals surface area (Å²) in [6.07, 6.45) is 0. The zero-order valence-corrected chi connectivity index (χ0v) is 16.8. The molecule has 6 rings (SSSR count). The van der Waals surface area contributed by atoms with Crippen LogP contribution in [0.2, 0.25) is 5.15 Å². The molecule has 4 heteroatoms. The first-order valence-corrected chi connectivity index (χ1v) is 10.0. The zero-order chi connectivity index (χ0) is 19.8. The summed E-state index contributed by atoms with van der Waals surface area (Å²) in [5.74, 6) is 0.624. The molecule has 3 nitrogen and oxygen atoms in total. The highest BCUT2D eigenvalue weighted by molar-refractivity contribution is 6.31. The normalized spacial score (nSPS) is 14.3. The van der Waals surface area contributed by atoms with Crippen LogP contribution in [-0.4, -0.2) is 9.97 Å². The molecule has 0 spiro atoms. The molecule has 0 unspecified atom stereocenters. The van der Waals surface area contributed by atoms with Crippen LogP contribution in [0.4, 0.5) is 0 Å². The molecule has 2 aromatic heterocycles. The molecule has 0 amide bonds. The molecular weight excluding hydrogens is 380 g/mol. The predicted octanol–water partition coefficient (Wildman–Crippen LogP) is 7.00. The van der Waals surface area contributed by atoms with E-state index in [9.17, 15) is 0 Å². The van der Waals surface area contributed by atoms with Crippen molar-refractivity contribution in [3.8, 4) is 22.6 Å². The van der Waals surface area contributed by atoms with Gasteiger partial charge in [0.25, 0.3) is 0 Å². The number of rotatable bonds is 1. The molecule has 1 aliphatic carbocycles. The number of fused-ring (bicyclic) bond motifs is 6. The maximum Gasteiger partial charge on any atom is 0.162 e. The number of aromatic nitrogens is 2. The highest BCUT2D eigenvalue weighted by atomic mass is 35.5. The number of furan rings is 1. The molecule has 5 aromatic rings. The Balaban J connectivity index is 1.69. The minimum atomic E-state index is -0.226. The van der Waals surface area contributed by atoms with Crippen molar-refractivity contribution in [2.45, 2.75) is 19.3 Å². The van der Waals surface area contributed by atoms with E-state index < -0.39 is 0 Å². The van der Waals surface area contributed by atoms with Crippen LogP contribution in [0, 0.1) is 0 Å². The molecular formula is C25H17ClN2O. The second kappa shape index (κ2) is 5.68. The van der Waals surface area contributed by atoms with Gasteiger partial charge in [0.15, 0.2) is 5.82 Å². The summed E-state index contributed by atoms with van der Waals surface area (Å²) < 4.78 is 6.04. The number of para-hydroxylation sites is 1. The number of hydrogen-bond acceptors (Lipinski definition) is 3. The SMILES string of the molecule is CC1(C)c2ccccc2-c2nc(-c3cccc4oc5ccccc5c34)nc(Cl)c21. The molecule has 0 aliphatic heterocycles. The van der Waals surface area contributed by atoms with Crippen LogP contribution >= 0.6 is 11.6 Å². The number of nitrogens with zero attached hydrogens (tertiary/aromatic N) is 2. The lowest BCUT2D eigenvalue weighted by atomic mass is 9.83. The topological polar surface area (TPSA) is 38.9 Å². The Morgan fingerprint density at radius 2 is 1.52 bits per heavy atom. The van der Waals surface area contributed by atoms with Gasteiger partial charge in [-0.05, 0) is 17.7 Å². The van der Waals surface area contributed by atoms with Crippen LogP contribution in [0.15, 0.2) is 71.1 Å². The third-order valence-electron chi connectivity index (χ3n) is 5.99.